The van der Waals surface area contributed by atoms with E-state index < -0.39 is 149 Å². The molecule has 1 aliphatic carbocycles. The molecule has 264 valence electrons. The Morgan fingerprint density at radius 3 is 1.69 bits per heavy atom. The lowest BCUT2D eigenvalue weighted by atomic mass is 9.81. The first-order valence-corrected chi connectivity index (χ1v) is 14.4. The molecule has 20 heteroatoms. The summed E-state index contributed by atoms with van der Waals surface area (Å²) >= 11 is 0. The van der Waals surface area contributed by atoms with Crippen LogP contribution in [0.1, 0.15) is 6.42 Å². The Kier molecular flexibility index (Phi) is 12.5. The summed E-state index contributed by atoms with van der Waals surface area (Å²) < 4.78 is 33.3. The van der Waals surface area contributed by atoms with Crippen LogP contribution in [0.15, 0.2) is 0 Å². The highest BCUT2D eigenvalue weighted by molar-refractivity contribution is 5.02. The van der Waals surface area contributed by atoms with Gasteiger partial charge in [0.25, 0.3) is 0 Å². The fraction of sp³-hybridized carbons (Fsp3) is 1.00. The maximum atomic E-state index is 10.9. The van der Waals surface area contributed by atoms with Crippen LogP contribution in [-0.2, 0) is 28.4 Å². The van der Waals surface area contributed by atoms with E-state index in [4.69, 9.17) is 28.4 Å². The topological polar surface area (TPSA) is 339 Å². The minimum atomic E-state index is -2.49. The van der Waals surface area contributed by atoms with E-state index in [1.54, 1.807) is 0 Å². The first-order chi connectivity index (χ1) is 21.2. The van der Waals surface area contributed by atoms with E-state index in [1.165, 1.54) is 0 Å². The molecule has 20 nitrogen and oxygen atoms in total. The zero-order valence-corrected chi connectivity index (χ0v) is 23.8. The van der Waals surface area contributed by atoms with Gasteiger partial charge in [0.1, 0.15) is 86.0 Å². The lowest BCUT2D eigenvalue weighted by Crippen LogP contribution is -2.64. The van der Waals surface area contributed by atoms with Gasteiger partial charge in [0.05, 0.1) is 32.0 Å². The van der Waals surface area contributed by atoms with E-state index >= 15 is 0 Å². The van der Waals surface area contributed by atoms with Crippen LogP contribution in [0, 0.1) is 5.92 Å². The van der Waals surface area contributed by atoms with Crippen LogP contribution in [0.3, 0.4) is 0 Å². The Morgan fingerprint density at radius 1 is 0.556 bits per heavy atom. The molecule has 45 heavy (non-hydrogen) atoms. The molecule has 4 aliphatic rings. The Labute approximate surface area is 255 Å². The normalized spacial score (nSPS) is 52.7. The van der Waals surface area contributed by atoms with Gasteiger partial charge in [-0.1, -0.05) is 0 Å². The van der Waals surface area contributed by atoms with Gasteiger partial charge in [0.15, 0.2) is 12.6 Å². The molecular weight excluding hydrogens is 620 g/mol. The summed E-state index contributed by atoms with van der Waals surface area (Å²) in [5, 5.41) is 143. The van der Waals surface area contributed by atoms with Crippen molar-refractivity contribution in [1.82, 2.24) is 0 Å². The lowest BCUT2D eigenvalue weighted by molar-refractivity contribution is -0.393. The minimum Gasteiger partial charge on any atom is -0.396 e. The lowest BCUT2D eigenvalue weighted by Gasteiger charge is -2.46. The number of aliphatic hydroxyl groups is 14. The summed E-state index contributed by atoms with van der Waals surface area (Å²) in [5.41, 5.74) is 0. The van der Waals surface area contributed by atoms with Crippen molar-refractivity contribution in [2.24, 2.45) is 5.92 Å². The Morgan fingerprint density at radius 2 is 1.11 bits per heavy atom. The van der Waals surface area contributed by atoms with Crippen molar-refractivity contribution in [1.29, 1.82) is 0 Å². The molecule has 14 N–H and O–H groups in total. The fourth-order valence-electron chi connectivity index (χ4n) is 5.96. The maximum Gasteiger partial charge on any atom is 0.224 e. The zero-order chi connectivity index (χ0) is 33.4. The molecule has 4 fully saturated rings. The van der Waals surface area contributed by atoms with Gasteiger partial charge in [-0.2, -0.15) is 0 Å². The van der Waals surface area contributed by atoms with Crippen LogP contribution < -0.4 is 0 Å². The molecule has 0 radical (unpaired) electrons. The second-order valence-electron chi connectivity index (χ2n) is 11.7. The van der Waals surface area contributed by atoms with Crippen molar-refractivity contribution >= 4 is 0 Å². The van der Waals surface area contributed by atoms with Crippen molar-refractivity contribution in [3.63, 3.8) is 0 Å². The second-order valence-corrected chi connectivity index (χ2v) is 11.7. The summed E-state index contributed by atoms with van der Waals surface area (Å²) in [5.74, 6) is -3.45. The molecule has 0 spiro atoms. The molecule has 19 unspecified atom stereocenters. The molecule has 0 amide bonds. The van der Waals surface area contributed by atoms with E-state index in [0.717, 1.165) is 0 Å². The molecule has 19 atom stereocenters. The average Bonchev–Trinajstić information content (AvgIpc) is 3.30. The highest BCUT2D eigenvalue weighted by atomic mass is 16.8. The van der Waals surface area contributed by atoms with Gasteiger partial charge < -0.3 is 99.9 Å². The Bertz CT molecular complexity index is 929. The second kappa shape index (κ2) is 15.2. The maximum absolute atomic E-state index is 10.9. The molecule has 3 heterocycles. The molecule has 4 rings (SSSR count). The minimum absolute atomic E-state index is 0.241. The van der Waals surface area contributed by atoms with Gasteiger partial charge in [0.2, 0.25) is 5.79 Å². The Hall–Kier alpha value is -0.800. The van der Waals surface area contributed by atoms with Crippen LogP contribution >= 0.6 is 0 Å². The van der Waals surface area contributed by atoms with Crippen molar-refractivity contribution in [2.75, 3.05) is 33.0 Å². The van der Waals surface area contributed by atoms with Gasteiger partial charge in [-0.05, 0) is 6.42 Å². The van der Waals surface area contributed by atoms with Crippen molar-refractivity contribution < 1.29 is 99.9 Å². The van der Waals surface area contributed by atoms with E-state index in [1.807, 2.05) is 0 Å². The third-order valence-electron chi connectivity index (χ3n) is 8.79. The van der Waals surface area contributed by atoms with Crippen LogP contribution in [0.2, 0.25) is 0 Å². The van der Waals surface area contributed by atoms with Crippen LogP contribution in [0.5, 0.6) is 0 Å². The average molecular weight is 665 g/mol. The molecule has 0 aromatic carbocycles. The van der Waals surface area contributed by atoms with Gasteiger partial charge in [-0.25, -0.2) is 0 Å². The van der Waals surface area contributed by atoms with Gasteiger partial charge in [-0.3, -0.25) is 0 Å². The smallest absolute Gasteiger partial charge is 0.224 e. The summed E-state index contributed by atoms with van der Waals surface area (Å²) in [6.45, 7) is -4.06. The SMILES string of the molecule is OCC1CC(OC2C(O)C(CO)OC2(CO)OC2OC(COC3OC(CO)C(O)C(O)C3O)C(O)C(O)C2O)C(O)C(O)C1O. The third-order valence-corrected chi connectivity index (χ3v) is 8.79. The number of hydrogen-bond acceptors (Lipinski definition) is 20. The number of ether oxygens (including phenoxy) is 6. The standard InChI is InChI=1S/C25H44O20/c26-2-7-1-8(13(31)17(35)12(7)30)41-22-16(34)10(4-28)44-25(22,6-29)45-24-21(39)19(37)15(33)11(43-24)5-40-23-20(38)18(36)14(32)9(3-27)42-23/h7-24,26-39H,1-6H2. The Balaban J connectivity index is 1.52. The zero-order valence-electron chi connectivity index (χ0n) is 23.8. The molecular formula is C25H44O20. The largest absolute Gasteiger partial charge is 0.396 e. The molecule has 1 saturated carbocycles. The van der Waals surface area contributed by atoms with E-state index in [2.05, 4.69) is 0 Å². The third kappa shape index (κ3) is 7.16. The van der Waals surface area contributed by atoms with Gasteiger partial charge >= 0.3 is 0 Å². The molecule has 0 aromatic rings. The highest BCUT2D eigenvalue weighted by Gasteiger charge is 2.61. The monoisotopic (exact) mass is 664 g/mol. The number of aliphatic hydroxyl groups excluding tert-OH is 14. The quantitative estimate of drug-likeness (QED) is 0.0974. The predicted molar refractivity (Wildman–Crippen MR) is 137 cm³/mol. The van der Waals surface area contributed by atoms with E-state index in [9.17, 15) is 71.5 Å². The predicted octanol–water partition coefficient (Wildman–Crippen LogP) is -9.08. The first kappa shape index (κ1) is 37.0. The van der Waals surface area contributed by atoms with E-state index in [0.29, 0.717) is 0 Å². The molecule has 0 bridgehead atoms. The van der Waals surface area contributed by atoms with Crippen LogP contribution in [0.4, 0.5) is 0 Å². The fourth-order valence-corrected chi connectivity index (χ4v) is 5.96. The van der Waals surface area contributed by atoms with Crippen molar-refractivity contribution in [2.45, 2.75) is 116 Å². The van der Waals surface area contributed by atoms with Crippen molar-refractivity contribution in [3.8, 4) is 0 Å². The number of rotatable bonds is 11. The van der Waals surface area contributed by atoms with Crippen LogP contribution in [-0.4, -0.2) is 214 Å². The van der Waals surface area contributed by atoms with Crippen LogP contribution in [0.25, 0.3) is 0 Å². The summed E-state index contributed by atoms with van der Waals surface area (Å²) in [6, 6.07) is 0. The van der Waals surface area contributed by atoms with E-state index in [-0.39, 0.29) is 6.42 Å². The van der Waals surface area contributed by atoms with Crippen molar-refractivity contribution in [3.05, 3.63) is 0 Å². The summed E-state index contributed by atoms with van der Waals surface area (Å²) in [6.07, 6.45) is -29.4. The molecule has 0 aromatic heterocycles. The highest BCUT2D eigenvalue weighted by Crippen LogP contribution is 2.40. The molecule has 3 aliphatic heterocycles. The number of hydrogen-bond donors (Lipinski definition) is 14. The summed E-state index contributed by atoms with van der Waals surface area (Å²) in [7, 11) is 0. The van der Waals surface area contributed by atoms with Gasteiger partial charge in [-0.15, -0.1) is 0 Å². The first-order valence-electron chi connectivity index (χ1n) is 14.4. The van der Waals surface area contributed by atoms with Gasteiger partial charge in [0, 0.05) is 12.5 Å². The summed E-state index contributed by atoms with van der Waals surface area (Å²) in [4.78, 5) is 0. The molecule has 3 saturated heterocycles.